The van der Waals surface area contributed by atoms with Crippen LogP contribution in [0, 0.1) is 5.92 Å². The molecule has 0 bridgehead atoms. The zero-order valence-corrected chi connectivity index (χ0v) is 10.9. The number of hydrogen-bond donors (Lipinski definition) is 1. The first-order valence-electron chi connectivity index (χ1n) is 6.04. The van der Waals surface area contributed by atoms with E-state index in [0.29, 0.717) is 0 Å². The molecule has 0 aliphatic carbocycles. The van der Waals surface area contributed by atoms with E-state index in [1.165, 1.54) is 6.26 Å². The molecule has 18 heavy (non-hydrogen) atoms. The number of hydrogen-bond acceptors (Lipinski definition) is 3. The van der Waals surface area contributed by atoms with Crippen LogP contribution in [0.25, 0.3) is 0 Å². The van der Waals surface area contributed by atoms with Crippen LogP contribution in [-0.4, -0.2) is 34.5 Å². The van der Waals surface area contributed by atoms with Gasteiger partial charge in [-0.25, -0.2) is 0 Å². The SMILES string of the molecule is CCC(C)N(CC(C)C(=O)O)C(=O)c1ccco1. The monoisotopic (exact) mass is 253 g/mol. The topological polar surface area (TPSA) is 70.8 Å². The van der Waals surface area contributed by atoms with E-state index in [1.807, 2.05) is 13.8 Å². The molecule has 1 rings (SSSR count). The summed E-state index contributed by atoms with van der Waals surface area (Å²) in [5.74, 6) is -1.52. The first-order chi connectivity index (χ1) is 8.47. The smallest absolute Gasteiger partial charge is 0.308 e. The quantitative estimate of drug-likeness (QED) is 0.844. The lowest BCUT2D eigenvalue weighted by atomic mass is 10.1. The van der Waals surface area contributed by atoms with Crippen LogP contribution < -0.4 is 0 Å². The number of carbonyl (C=O) groups excluding carboxylic acids is 1. The zero-order chi connectivity index (χ0) is 13.7. The fourth-order valence-electron chi connectivity index (χ4n) is 1.60. The normalized spacial score (nSPS) is 13.9. The van der Waals surface area contributed by atoms with Crippen molar-refractivity contribution in [1.82, 2.24) is 4.90 Å². The second kappa shape index (κ2) is 6.23. The first kappa shape index (κ1) is 14.3. The van der Waals surface area contributed by atoms with Crippen LogP contribution in [0.2, 0.25) is 0 Å². The second-order valence-corrected chi connectivity index (χ2v) is 4.43. The van der Waals surface area contributed by atoms with Crippen LogP contribution in [0.5, 0.6) is 0 Å². The minimum atomic E-state index is -0.907. The Morgan fingerprint density at radius 2 is 2.11 bits per heavy atom. The Morgan fingerprint density at radius 3 is 2.56 bits per heavy atom. The van der Waals surface area contributed by atoms with Crippen molar-refractivity contribution in [1.29, 1.82) is 0 Å². The van der Waals surface area contributed by atoms with Crippen molar-refractivity contribution in [2.75, 3.05) is 6.54 Å². The molecular weight excluding hydrogens is 234 g/mol. The fraction of sp³-hybridized carbons (Fsp3) is 0.538. The summed E-state index contributed by atoms with van der Waals surface area (Å²) in [4.78, 5) is 24.7. The number of aliphatic carboxylic acids is 1. The average molecular weight is 253 g/mol. The molecule has 1 N–H and O–H groups in total. The van der Waals surface area contributed by atoms with Crippen LogP contribution in [0.15, 0.2) is 22.8 Å². The molecule has 0 aliphatic heterocycles. The van der Waals surface area contributed by atoms with E-state index in [9.17, 15) is 9.59 Å². The molecule has 1 amide bonds. The molecule has 0 saturated carbocycles. The molecule has 2 unspecified atom stereocenters. The maximum Gasteiger partial charge on any atom is 0.308 e. The number of rotatable bonds is 6. The third-order valence-electron chi connectivity index (χ3n) is 3.01. The van der Waals surface area contributed by atoms with Crippen molar-refractivity contribution >= 4 is 11.9 Å². The Labute approximate surface area is 106 Å². The Balaban J connectivity index is 2.85. The van der Waals surface area contributed by atoms with Gasteiger partial charge >= 0.3 is 5.97 Å². The number of furan rings is 1. The largest absolute Gasteiger partial charge is 0.481 e. The standard InChI is InChI=1S/C13H19NO4/c1-4-10(3)14(8-9(2)13(16)17)12(15)11-6-5-7-18-11/h5-7,9-10H,4,8H2,1-3H3,(H,16,17). The number of carboxylic acids is 1. The molecule has 5 heteroatoms. The first-order valence-corrected chi connectivity index (χ1v) is 6.04. The highest BCUT2D eigenvalue weighted by Gasteiger charge is 2.26. The molecule has 100 valence electrons. The van der Waals surface area contributed by atoms with E-state index in [1.54, 1.807) is 24.0 Å². The Hall–Kier alpha value is -1.78. The molecule has 0 aliphatic rings. The average Bonchev–Trinajstić information content (AvgIpc) is 2.87. The van der Waals surface area contributed by atoms with Gasteiger partial charge in [0.25, 0.3) is 5.91 Å². The van der Waals surface area contributed by atoms with E-state index in [0.717, 1.165) is 6.42 Å². The number of amides is 1. The lowest BCUT2D eigenvalue weighted by Gasteiger charge is -2.29. The van der Waals surface area contributed by atoms with Gasteiger partial charge in [-0.1, -0.05) is 13.8 Å². The molecule has 5 nitrogen and oxygen atoms in total. The predicted octanol–water partition coefficient (Wildman–Crippen LogP) is 2.24. The highest BCUT2D eigenvalue weighted by atomic mass is 16.4. The zero-order valence-electron chi connectivity index (χ0n) is 10.9. The summed E-state index contributed by atoms with van der Waals surface area (Å²) in [7, 11) is 0. The van der Waals surface area contributed by atoms with Gasteiger partial charge in [-0.2, -0.15) is 0 Å². The summed E-state index contributed by atoms with van der Waals surface area (Å²) in [5.41, 5.74) is 0. The molecule has 0 radical (unpaired) electrons. The third-order valence-corrected chi connectivity index (χ3v) is 3.01. The van der Waals surface area contributed by atoms with E-state index in [2.05, 4.69) is 0 Å². The van der Waals surface area contributed by atoms with Crippen molar-refractivity contribution < 1.29 is 19.1 Å². The van der Waals surface area contributed by atoms with Gasteiger partial charge in [-0.3, -0.25) is 9.59 Å². The molecular formula is C13H19NO4. The molecule has 1 heterocycles. The lowest BCUT2D eigenvalue weighted by Crippen LogP contribution is -2.42. The predicted molar refractivity (Wildman–Crippen MR) is 66.3 cm³/mol. The van der Waals surface area contributed by atoms with Crippen molar-refractivity contribution in [2.45, 2.75) is 33.2 Å². The van der Waals surface area contributed by atoms with Gasteiger partial charge in [0.1, 0.15) is 0 Å². The second-order valence-electron chi connectivity index (χ2n) is 4.43. The molecule has 1 aromatic rings. The molecule has 0 fully saturated rings. The molecule has 0 saturated heterocycles. The summed E-state index contributed by atoms with van der Waals surface area (Å²) < 4.78 is 5.07. The Kier molecular flexibility index (Phi) is 4.95. The van der Waals surface area contributed by atoms with Gasteiger partial charge in [-0.15, -0.1) is 0 Å². The summed E-state index contributed by atoms with van der Waals surface area (Å²) in [5, 5.41) is 8.94. The lowest BCUT2D eigenvalue weighted by molar-refractivity contribution is -0.141. The van der Waals surface area contributed by atoms with E-state index >= 15 is 0 Å². The van der Waals surface area contributed by atoms with Gasteiger partial charge < -0.3 is 14.4 Å². The van der Waals surface area contributed by atoms with E-state index < -0.39 is 11.9 Å². The Morgan fingerprint density at radius 1 is 1.44 bits per heavy atom. The van der Waals surface area contributed by atoms with Crippen molar-refractivity contribution in [2.24, 2.45) is 5.92 Å². The van der Waals surface area contributed by atoms with Crippen LogP contribution in [-0.2, 0) is 4.79 Å². The van der Waals surface area contributed by atoms with Gasteiger partial charge in [0.15, 0.2) is 5.76 Å². The van der Waals surface area contributed by atoms with E-state index in [-0.39, 0.29) is 24.3 Å². The van der Waals surface area contributed by atoms with E-state index in [4.69, 9.17) is 9.52 Å². The van der Waals surface area contributed by atoms with Gasteiger partial charge in [-0.05, 0) is 25.5 Å². The van der Waals surface area contributed by atoms with Crippen molar-refractivity contribution in [3.8, 4) is 0 Å². The Bertz CT molecular complexity index is 399. The fourth-order valence-corrected chi connectivity index (χ4v) is 1.60. The minimum absolute atomic E-state index is 0.0237. The van der Waals surface area contributed by atoms with Crippen LogP contribution in [0.4, 0.5) is 0 Å². The number of carbonyl (C=O) groups is 2. The van der Waals surface area contributed by atoms with Gasteiger partial charge in [0.2, 0.25) is 0 Å². The molecule has 2 atom stereocenters. The summed E-state index contributed by atoms with van der Waals surface area (Å²) in [6.07, 6.45) is 2.20. The summed E-state index contributed by atoms with van der Waals surface area (Å²) in [6.45, 7) is 5.63. The molecule has 0 aromatic carbocycles. The van der Waals surface area contributed by atoms with Gasteiger partial charge in [0.05, 0.1) is 12.2 Å². The molecule has 0 spiro atoms. The summed E-state index contributed by atoms with van der Waals surface area (Å²) >= 11 is 0. The number of carboxylic acid groups (broad SMARTS) is 1. The highest BCUT2D eigenvalue weighted by molar-refractivity contribution is 5.92. The summed E-state index contributed by atoms with van der Waals surface area (Å²) in [6, 6.07) is 3.20. The third kappa shape index (κ3) is 3.35. The van der Waals surface area contributed by atoms with Gasteiger partial charge in [0, 0.05) is 12.6 Å². The van der Waals surface area contributed by atoms with Crippen molar-refractivity contribution in [3.05, 3.63) is 24.2 Å². The maximum absolute atomic E-state index is 12.2. The molecule has 1 aromatic heterocycles. The van der Waals surface area contributed by atoms with Crippen LogP contribution >= 0.6 is 0 Å². The highest BCUT2D eigenvalue weighted by Crippen LogP contribution is 2.14. The van der Waals surface area contributed by atoms with Crippen molar-refractivity contribution in [3.63, 3.8) is 0 Å². The van der Waals surface area contributed by atoms with Crippen LogP contribution in [0.3, 0.4) is 0 Å². The maximum atomic E-state index is 12.2. The minimum Gasteiger partial charge on any atom is -0.481 e. The van der Waals surface area contributed by atoms with Crippen LogP contribution in [0.1, 0.15) is 37.7 Å². The number of nitrogens with zero attached hydrogens (tertiary/aromatic N) is 1.